The number of nitrogens with two attached hydrogens (primary N) is 2. The Labute approximate surface area is 122 Å². The Bertz CT molecular complexity index is 775. The summed E-state index contributed by atoms with van der Waals surface area (Å²) in [7, 11) is -2.94. The highest BCUT2D eigenvalue weighted by Gasteiger charge is 2.17. The lowest BCUT2D eigenvalue weighted by Gasteiger charge is -2.14. The first-order valence-corrected chi connectivity index (χ1v) is 7.33. The molecule has 6 N–H and O–H groups in total. The van der Waals surface area contributed by atoms with E-state index in [0.29, 0.717) is 17.1 Å². The highest BCUT2D eigenvalue weighted by Crippen LogP contribution is 2.33. The summed E-state index contributed by atoms with van der Waals surface area (Å²) in [6, 6.07) is 9.00. The van der Waals surface area contributed by atoms with Crippen LogP contribution in [0.5, 0.6) is 5.75 Å². The largest absolute Gasteiger partial charge is 0.495 e. The Morgan fingerprint density at radius 3 is 2.29 bits per heavy atom. The van der Waals surface area contributed by atoms with Crippen molar-refractivity contribution >= 4 is 32.9 Å². The average Bonchev–Trinajstić information content (AvgIpc) is 2.40. The molecule has 0 bridgehead atoms. The standard InChI is InChI=1S/C13H15N3O4S/c1-20-12-5-3-8(14)6-11(12)16-10-4-2-9(15)7-13(10)21(17,18)19/h2-7,16H,14-15H2,1H3,(H,17,18,19). The van der Waals surface area contributed by atoms with Crippen molar-refractivity contribution in [3.63, 3.8) is 0 Å². The summed E-state index contributed by atoms with van der Waals surface area (Å²) in [5.74, 6) is 0.474. The van der Waals surface area contributed by atoms with E-state index >= 15 is 0 Å². The van der Waals surface area contributed by atoms with Gasteiger partial charge in [0.25, 0.3) is 10.1 Å². The second kappa shape index (κ2) is 5.51. The monoisotopic (exact) mass is 309 g/mol. The first-order chi connectivity index (χ1) is 9.81. The normalized spacial score (nSPS) is 11.1. The van der Waals surface area contributed by atoms with Crippen LogP contribution in [-0.4, -0.2) is 20.1 Å². The van der Waals surface area contributed by atoms with Gasteiger partial charge in [0, 0.05) is 11.4 Å². The molecule has 0 spiro atoms. The Morgan fingerprint density at radius 2 is 1.67 bits per heavy atom. The van der Waals surface area contributed by atoms with E-state index in [-0.39, 0.29) is 16.3 Å². The summed E-state index contributed by atoms with van der Waals surface area (Å²) in [5, 5.41) is 2.87. The lowest BCUT2D eigenvalue weighted by molar-refractivity contribution is 0.417. The second-order valence-electron chi connectivity index (χ2n) is 4.32. The van der Waals surface area contributed by atoms with E-state index in [0.717, 1.165) is 6.07 Å². The molecule has 0 aliphatic rings. The van der Waals surface area contributed by atoms with Crippen molar-refractivity contribution in [2.24, 2.45) is 0 Å². The van der Waals surface area contributed by atoms with Crippen molar-refractivity contribution in [3.05, 3.63) is 36.4 Å². The van der Waals surface area contributed by atoms with E-state index in [2.05, 4.69) is 5.32 Å². The van der Waals surface area contributed by atoms with Gasteiger partial charge in [-0.2, -0.15) is 8.42 Å². The Morgan fingerprint density at radius 1 is 1.05 bits per heavy atom. The molecule has 0 fully saturated rings. The van der Waals surface area contributed by atoms with Crippen LogP contribution in [0.3, 0.4) is 0 Å². The van der Waals surface area contributed by atoms with Crippen molar-refractivity contribution in [1.82, 2.24) is 0 Å². The van der Waals surface area contributed by atoms with Crippen LogP contribution in [0.4, 0.5) is 22.7 Å². The van der Waals surface area contributed by atoms with Crippen LogP contribution in [0.25, 0.3) is 0 Å². The summed E-state index contributed by atoms with van der Waals surface area (Å²) in [5.41, 5.74) is 12.6. The number of nitrogen functional groups attached to an aromatic ring is 2. The number of rotatable bonds is 4. The zero-order chi connectivity index (χ0) is 15.6. The average molecular weight is 309 g/mol. The molecular formula is C13H15N3O4S. The molecule has 2 aromatic rings. The predicted molar refractivity (Wildman–Crippen MR) is 81.4 cm³/mol. The molecule has 2 rings (SSSR count). The molecule has 0 aliphatic carbocycles. The molecule has 112 valence electrons. The molecule has 8 heteroatoms. The van der Waals surface area contributed by atoms with Gasteiger partial charge in [-0.3, -0.25) is 4.55 Å². The minimum absolute atomic E-state index is 0.163. The van der Waals surface area contributed by atoms with Gasteiger partial charge in [0.15, 0.2) is 0 Å². The van der Waals surface area contributed by atoms with Gasteiger partial charge in [-0.25, -0.2) is 0 Å². The smallest absolute Gasteiger partial charge is 0.296 e. The Kier molecular flexibility index (Phi) is 3.92. The lowest BCUT2D eigenvalue weighted by atomic mass is 10.2. The fraction of sp³-hybridized carbons (Fsp3) is 0.0769. The Balaban J connectivity index is 2.52. The predicted octanol–water partition coefficient (Wildman–Crippen LogP) is 1.85. The lowest BCUT2D eigenvalue weighted by Crippen LogP contribution is -2.05. The van der Waals surface area contributed by atoms with Gasteiger partial charge in [0.1, 0.15) is 10.6 Å². The van der Waals surface area contributed by atoms with E-state index in [1.165, 1.54) is 19.2 Å². The third kappa shape index (κ3) is 3.36. The molecule has 7 nitrogen and oxygen atoms in total. The van der Waals surface area contributed by atoms with Gasteiger partial charge in [0.05, 0.1) is 18.5 Å². The maximum Gasteiger partial charge on any atom is 0.296 e. The first kappa shape index (κ1) is 14.9. The van der Waals surface area contributed by atoms with Crippen LogP contribution in [-0.2, 0) is 10.1 Å². The summed E-state index contributed by atoms with van der Waals surface area (Å²) in [6.45, 7) is 0. The zero-order valence-corrected chi connectivity index (χ0v) is 12.0. The molecule has 2 aromatic carbocycles. The van der Waals surface area contributed by atoms with Crippen LogP contribution in [0, 0.1) is 0 Å². The minimum Gasteiger partial charge on any atom is -0.495 e. The minimum atomic E-state index is -4.42. The maximum absolute atomic E-state index is 11.4. The van der Waals surface area contributed by atoms with Crippen molar-refractivity contribution < 1.29 is 17.7 Å². The molecule has 0 atom stereocenters. The molecule has 21 heavy (non-hydrogen) atoms. The number of hydrogen-bond donors (Lipinski definition) is 4. The quantitative estimate of drug-likeness (QED) is 0.501. The molecule has 0 radical (unpaired) electrons. The number of ether oxygens (including phenoxy) is 1. The van der Waals surface area contributed by atoms with Crippen molar-refractivity contribution in [3.8, 4) is 5.75 Å². The number of anilines is 4. The molecule has 0 aromatic heterocycles. The summed E-state index contributed by atoms with van der Waals surface area (Å²) in [6.07, 6.45) is 0. The fourth-order valence-corrected chi connectivity index (χ4v) is 2.51. The van der Waals surface area contributed by atoms with Gasteiger partial charge >= 0.3 is 0 Å². The van der Waals surface area contributed by atoms with E-state index in [9.17, 15) is 13.0 Å². The summed E-state index contributed by atoms with van der Waals surface area (Å²) in [4.78, 5) is -0.327. The molecule has 0 heterocycles. The third-order valence-corrected chi connectivity index (χ3v) is 3.67. The van der Waals surface area contributed by atoms with E-state index in [4.69, 9.17) is 16.2 Å². The zero-order valence-electron chi connectivity index (χ0n) is 11.2. The van der Waals surface area contributed by atoms with Crippen molar-refractivity contribution in [2.45, 2.75) is 4.90 Å². The van der Waals surface area contributed by atoms with Crippen molar-refractivity contribution in [1.29, 1.82) is 0 Å². The summed E-state index contributed by atoms with van der Waals surface area (Å²) < 4.78 is 37.3. The van der Waals surface area contributed by atoms with Gasteiger partial charge in [-0.15, -0.1) is 0 Å². The van der Waals surface area contributed by atoms with Crippen LogP contribution < -0.4 is 21.5 Å². The van der Waals surface area contributed by atoms with Crippen LogP contribution in [0.15, 0.2) is 41.3 Å². The third-order valence-electron chi connectivity index (χ3n) is 2.78. The highest BCUT2D eigenvalue weighted by atomic mass is 32.2. The molecule has 0 saturated carbocycles. The number of nitrogens with one attached hydrogen (secondary N) is 1. The molecule has 0 aliphatic heterocycles. The topological polar surface area (TPSA) is 128 Å². The Hall–Kier alpha value is -2.45. The molecular weight excluding hydrogens is 294 g/mol. The maximum atomic E-state index is 11.4. The molecule has 0 amide bonds. The number of hydrogen-bond acceptors (Lipinski definition) is 6. The van der Waals surface area contributed by atoms with Crippen LogP contribution in [0.1, 0.15) is 0 Å². The SMILES string of the molecule is COc1ccc(N)cc1Nc1ccc(N)cc1S(=O)(=O)O. The van der Waals surface area contributed by atoms with Crippen LogP contribution in [0.2, 0.25) is 0 Å². The van der Waals surface area contributed by atoms with Gasteiger partial charge < -0.3 is 21.5 Å². The number of benzene rings is 2. The number of methoxy groups -OCH3 is 1. The molecule has 0 saturated heterocycles. The fourth-order valence-electron chi connectivity index (χ4n) is 1.82. The van der Waals surface area contributed by atoms with E-state index < -0.39 is 10.1 Å². The second-order valence-corrected chi connectivity index (χ2v) is 5.71. The van der Waals surface area contributed by atoms with E-state index in [1.807, 2.05) is 0 Å². The van der Waals surface area contributed by atoms with Gasteiger partial charge in [0.2, 0.25) is 0 Å². The molecule has 0 unspecified atom stereocenters. The highest BCUT2D eigenvalue weighted by molar-refractivity contribution is 7.86. The first-order valence-electron chi connectivity index (χ1n) is 5.89. The van der Waals surface area contributed by atoms with Crippen molar-refractivity contribution in [2.75, 3.05) is 23.9 Å². The van der Waals surface area contributed by atoms with Gasteiger partial charge in [-0.1, -0.05) is 0 Å². The summed E-state index contributed by atoms with van der Waals surface area (Å²) >= 11 is 0. The van der Waals surface area contributed by atoms with E-state index in [1.54, 1.807) is 18.2 Å². The van der Waals surface area contributed by atoms with Gasteiger partial charge in [-0.05, 0) is 36.4 Å². The van der Waals surface area contributed by atoms with Crippen LogP contribution >= 0.6 is 0 Å².